The predicted octanol–water partition coefficient (Wildman–Crippen LogP) is 1.54. The fourth-order valence-electron chi connectivity index (χ4n) is 0.935. The SMILES string of the molecule is Cc1cc(F)c(C(=O)C(=O)O)cc1F. The molecule has 1 rings (SSSR count). The van der Waals surface area contributed by atoms with Gasteiger partial charge in [0.15, 0.2) is 0 Å². The van der Waals surface area contributed by atoms with E-state index in [2.05, 4.69) is 0 Å². The molecule has 74 valence electrons. The molecule has 5 heteroatoms. The van der Waals surface area contributed by atoms with E-state index in [-0.39, 0.29) is 5.56 Å². The van der Waals surface area contributed by atoms with Gasteiger partial charge in [-0.1, -0.05) is 0 Å². The van der Waals surface area contributed by atoms with E-state index in [1.165, 1.54) is 6.92 Å². The molecule has 0 heterocycles. The number of carboxylic acid groups (broad SMARTS) is 1. The molecule has 0 aliphatic carbocycles. The van der Waals surface area contributed by atoms with Crippen molar-refractivity contribution in [3.05, 3.63) is 34.9 Å². The Kier molecular flexibility index (Phi) is 2.60. The molecule has 0 amide bonds. The van der Waals surface area contributed by atoms with Gasteiger partial charge in [0.25, 0.3) is 5.78 Å². The maximum Gasteiger partial charge on any atom is 0.377 e. The zero-order valence-corrected chi connectivity index (χ0v) is 7.17. The molecule has 1 aromatic rings. The van der Waals surface area contributed by atoms with Crippen LogP contribution >= 0.6 is 0 Å². The third-order valence-electron chi connectivity index (χ3n) is 1.69. The lowest BCUT2D eigenvalue weighted by molar-refractivity contribution is -0.131. The Balaban J connectivity index is 3.29. The fraction of sp³-hybridized carbons (Fsp3) is 0.111. The monoisotopic (exact) mass is 200 g/mol. The van der Waals surface area contributed by atoms with Gasteiger partial charge in [0.1, 0.15) is 11.6 Å². The summed E-state index contributed by atoms with van der Waals surface area (Å²) in [6.45, 7) is 1.31. The number of halogens is 2. The molecular weight excluding hydrogens is 194 g/mol. The summed E-state index contributed by atoms with van der Waals surface area (Å²) in [5, 5.41) is 8.28. The van der Waals surface area contributed by atoms with Gasteiger partial charge in [-0.05, 0) is 24.6 Å². The smallest absolute Gasteiger partial charge is 0.377 e. The summed E-state index contributed by atoms with van der Waals surface area (Å²) >= 11 is 0. The number of ketones is 1. The highest BCUT2D eigenvalue weighted by Gasteiger charge is 2.20. The zero-order chi connectivity index (χ0) is 10.9. The summed E-state index contributed by atoms with van der Waals surface area (Å²) < 4.78 is 25.9. The van der Waals surface area contributed by atoms with E-state index >= 15 is 0 Å². The number of carbonyl (C=O) groups excluding carboxylic acids is 1. The predicted molar refractivity (Wildman–Crippen MR) is 43.1 cm³/mol. The molecule has 0 saturated heterocycles. The van der Waals surface area contributed by atoms with E-state index in [0.29, 0.717) is 6.07 Å². The fourth-order valence-corrected chi connectivity index (χ4v) is 0.935. The number of aryl methyl sites for hydroxylation is 1. The first-order valence-electron chi connectivity index (χ1n) is 3.66. The second-order valence-electron chi connectivity index (χ2n) is 2.72. The van der Waals surface area contributed by atoms with Crippen molar-refractivity contribution < 1.29 is 23.5 Å². The highest BCUT2D eigenvalue weighted by atomic mass is 19.1. The summed E-state index contributed by atoms with van der Waals surface area (Å²) in [7, 11) is 0. The second kappa shape index (κ2) is 3.53. The van der Waals surface area contributed by atoms with Crippen molar-refractivity contribution in [1.29, 1.82) is 0 Å². The molecule has 0 spiro atoms. The second-order valence-corrected chi connectivity index (χ2v) is 2.72. The molecule has 0 bridgehead atoms. The van der Waals surface area contributed by atoms with Crippen LogP contribution in [0, 0.1) is 18.6 Å². The van der Waals surface area contributed by atoms with Crippen LogP contribution in [0.5, 0.6) is 0 Å². The quantitative estimate of drug-likeness (QED) is 0.582. The number of aliphatic carboxylic acids is 1. The lowest BCUT2D eigenvalue weighted by Crippen LogP contribution is -2.15. The van der Waals surface area contributed by atoms with Gasteiger partial charge >= 0.3 is 5.97 Å². The number of rotatable bonds is 2. The summed E-state index contributed by atoms with van der Waals surface area (Å²) in [5.41, 5.74) is -0.745. The molecule has 0 aliphatic rings. The van der Waals surface area contributed by atoms with Gasteiger partial charge in [0, 0.05) is 0 Å². The Labute approximate surface area is 78.0 Å². The Morgan fingerprint density at radius 3 is 2.29 bits per heavy atom. The van der Waals surface area contributed by atoms with Gasteiger partial charge in [-0.25, -0.2) is 13.6 Å². The van der Waals surface area contributed by atoms with Gasteiger partial charge in [0.05, 0.1) is 5.56 Å². The molecule has 0 saturated carbocycles. The van der Waals surface area contributed by atoms with Crippen LogP contribution in [0.2, 0.25) is 0 Å². The van der Waals surface area contributed by atoms with Crippen LogP contribution in [0.1, 0.15) is 15.9 Å². The minimum Gasteiger partial charge on any atom is -0.475 e. The number of Topliss-reactive ketones (excluding diaryl/α,β-unsaturated/α-hetero) is 1. The van der Waals surface area contributed by atoms with Crippen LogP contribution in [0.15, 0.2) is 12.1 Å². The van der Waals surface area contributed by atoms with Gasteiger partial charge in [-0.2, -0.15) is 0 Å². The van der Waals surface area contributed by atoms with Crippen molar-refractivity contribution in [2.45, 2.75) is 6.92 Å². The third kappa shape index (κ3) is 1.76. The molecule has 0 fully saturated rings. The molecule has 1 N–H and O–H groups in total. The van der Waals surface area contributed by atoms with Crippen LogP contribution in [0.25, 0.3) is 0 Å². The highest BCUT2D eigenvalue weighted by Crippen LogP contribution is 2.14. The van der Waals surface area contributed by atoms with E-state index in [0.717, 1.165) is 6.07 Å². The standard InChI is InChI=1S/C9H6F2O3/c1-4-2-7(11)5(3-6(4)10)8(12)9(13)14/h2-3H,1H3,(H,13,14). The van der Waals surface area contributed by atoms with Gasteiger partial charge in [-0.15, -0.1) is 0 Å². The van der Waals surface area contributed by atoms with Crippen molar-refractivity contribution in [3.63, 3.8) is 0 Å². The van der Waals surface area contributed by atoms with Crippen molar-refractivity contribution >= 4 is 11.8 Å². The largest absolute Gasteiger partial charge is 0.475 e. The maximum atomic E-state index is 13.0. The van der Waals surface area contributed by atoms with Crippen LogP contribution in [-0.4, -0.2) is 16.9 Å². The first kappa shape index (κ1) is 10.3. The first-order chi connectivity index (χ1) is 6.43. The number of benzene rings is 1. The van der Waals surface area contributed by atoms with E-state index in [4.69, 9.17) is 5.11 Å². The lowest BCUT2D eigenvalue weighted by atomic mass is 10.1. The Morgan fingerprint density at radius 2 is 1.79 bits per heavy atom. The van der Waals surface area contributed by atoms with Crippen molar-refractivity contribution in [3.8, 4) is 0 Å². The topological polar surface area (TPSA) is 54.4 Å². The average molecular weight is 200 g/mol. The summed E-state index contributed by atoms with van der Waals surface area (Å²) in [4.78, 5) is 21.0. The molecular formula is C9H6F2O3. The highest BCUT2D eigenvalue weighted by molar-refractivity contribution is 6.39. The molecule has 1 aromatic carbocycles. The molecule has 0 aliphatic heterocycles. The molecule has 3 nitrogen and oxygen atoms in total. The number of carboxylic acids is 1. The average Bonchev–Trinajstić information content (AvgIpc) is 2.10. The third-order valence-corrected chi connectivity index (χ3v) is 1.69. The number of hydrogen-bond acceptors (Lipinski definition) is 2. The minimum atomic E-state index is -1.81. The van der Waals surface area contributed by atoms with Crippen LogP contribution < -0.4 is 0 Å². The lowest BCUT2D eigenvalue weighted by Gasteiger charge is -2.01. The molecule has 14 heavy (non-hydrogen) atoms. The van der Waals surface area contributed by atoms with Crippen LogP contribution in [-0.2, 0) is 4.79 Å². The first-order valence-corrected chi connectivity index (χ1v) is 3.66. The maximum absolute atomic E-state index is 13.0. The van der Waals surface area contributed by atoms with Crippen LogP contribution in [0.4, 0.5) is 8.78 Å². The molecule has 0 atom stereocenters. The van der Waals surface area contributed by atoms with E-state index in [1.807, 2.05) is 0 Å². The number of hydrogen-bond donors (Lipinski definition) is 1. The zero-order valence-electron chi connectivity index (χ0n) is 7.17. The Morgan fingerprint density at radius 1 is 1.21 bits per heavy atom. The van der Waals surface area contributed by atoms with Gasteiger partial charge < -0.3 is 5.11 Å². The van der Waals surface area contributed by atoms with Crippen molar-refractivity contribution in [2.75, 3.05) is 0 Å². The van der Waals surface area contributed by atoms with E-state index in [1.54, 1.807) is 0 Å². The Hall–Kier alpha value is -1.78. The van der Waals surface area contributed by atoms with E-state index in [9.17, 15) is 18.4 Å². The van der Waals surface area contributed by atoms with Crippen molar-refractivity contribution in [2.24, 2.45) is 0 Å². The van der Waals surface area contributed by atoms with Gasteiger partial charge in [0.2, 0.25) is 0 Å². The molecule has 0 radical (unpaired) electrons. The summed E-state index contributed by atoms with van der Waals surface area (Å²) in [6.07, 6.45) is 0. The van der Waals surface area contributed by atoms with Crippen molar-refractivity contribution in [1.82, 2.24) is 0 Å². The Bertz CT molecular complexity index is 413. The van der Waals surface area contributed by atoms with Crippen LogP contribution in [0.3, 0.4) is 0 Å². The minimum absolute atomic E-state index is 0.0180. The van der Waals surface area contributed by atoms with Gasteiger partial charge in [-0.3, -0.25) is 4.79 Å². The molecule has 0 aromatic heterocycles. The molecule has 0 unspecified atom stereocenters. The summed E-state index contributed by atoms with van der Waals surface area (Å²) in [6, 6.07) is 1.37. The normalized spacial score (nSPS) is 9.93. The van der Waals surface area contributed by atoms with E-state index < -0.39 is 29.0 Å². The summed E-state index contributed by atoms with van der Waals surface area (Å²) in [5.74, 6) is -5.11. The number of carbonyl (C=O) groups is 2.